The normalized spacial score (nSPS) is 12.6. The SMILES string of the molecule is Cc1cc(C[n+]2ccc(-c3ccc4cc[n+](Cc5cc(C(F)(F)F)cc(C(F)(F)F)c5)cc4c3)cc2)cc(C(F)(F)F)c1. The minimum atomic E-state index is -4.93. The number of halogens is 9. The fourth-order valence-electron chi connectivity index (χ4n) is 4.92. The molecule has 2 aromatic heterocycles. The number of fused-ring (bicyclic) bond motifs is 1. The van der Waals surface area contributed by atoms with Crippen molar-refractivity contribution in [2.45, 2.75) is 38.5 Å². The van der Waals surface area contributed by atoms with E-state index in [1.54, 1.807) is 60.5 Å². The molecule has 0 aliphatic heterocycles. The van der Waals surface area contributed by atoms with Gasteiger partial charge >= 0.3 is 18.5 Å². The summed E-state index contributed by atoms with van der Waals surface area (Å²) < 4.78 is 123. The highest BCUT2D eigenvalue weighted by Crippen LogP contribution is 2.36. The van der Waals surface area contributed by atoms with Gasteiger partial charge in [-0.05, 0) is 65.9 Å². The van der Waals surface area contributed by atoms with Crippen LogP contribution in [0.4, 0.5) is 39.5 Å². The number of alkyl halides is 9. The van der Waals surface area contributed by atoms with Gasteiger partial charge in [-0.1, -0.05) is 17.7 Å². The predicted molar refractivity (Wildman–Crippen MR) is 141 cm³/mol. The van der Waals surface area contributed by atoms with Gasteiger partial charge in [-0.3, -0.25) is 0 Å². The van der Waals surface area contributed by atoms with E-state index < -0.39 is 35.2 Å². The first kappa shape index (κ1) is 30.1. The summed E-state index contributed by atoms with van der Waals surface area (Å²) >= 11 is 0. The van der Waals surface area contributed by atoms with Crippen LogP contribution in [0, 0.1) is 6.92 Å². The number of rotatable bonds is 5. The van der Waals surface area contributed by atoms with Gasteiger partial charge in [-0.15, -0.1) is 0 Å². The summed E-state index contributed by atoms with van der Waals surface area (Å²) in [5, 5.41) is 1.52. The smallest absolute Gasteiger partial charge is 0.201 e. The van der Waals surface area contributed by atoms with E-state index in [1.807, 2.05) is 18.2 Å². The molecule has 0 aliphatic rings. The molecule has 0 unspecified atom stereocenters. The lowest BCUT2D eigenvalue weighted by molar-refractivity contribution is -0.688. The monoisotopic (exact) mass is 606 g/mol. The Morgan fingerprint density at radius 2 is 1.00 bits per heavy atom. The van der Waals surface area contributed by atoms with Crippen LogP contribution in [0.1, 0.15) is 33.4 Å². The van der Waals surface area contributed by atoms with Crippen LogP contribution in [-0.2, 0) is 31.6 Å². The number of nitrogens with zero attached hydrogens (tertiary/aromatic N) is 2. The van der Waals surface area contributed by atoms with E-state index >= 15 is 0 Å². The Bertz CT molecular complexity index is 1750. The Morgan fingerprint density at radius 1 is 0.488 bits per heavy atom. The maximum atomic E-state index is 13.3. The van der Waals surface area contributed by atoms with Crippen LogP contribution < -0.4 is 9.13 Å². The molecule has 0 radical (unpaired) electrons. The number of benzene rings is 3. The molecule has 0 aliphatic carbocycles. The maximum Gasteiger partial charge on any atom is 0.416 e. The van der Waals surface area contributed by atoms with Crippen LogP contribution in [-0.4, -0.2) is 0 Å². The van der Waals surface area contributed by atoms with Crippen LogP contribution in [0.3, 0.4) is 0 Å². The fourth-order valence-corrected chi connectivity index (χ4v) is 4.92. The zero-order valence-corrected chi connectivity index (χ0v) is 22.4. The van der Waals surface area contributed by atoms with Gasteiger partial charge in [-0.2, -0.15) is 39.5 Å². The summed E-state index contributed by atoms with van der Waals surface area (Å²) in [6.45, 7) is 1.62. The van der Waals surface area contributed by atoms with E-state index in [2.05, 4.69) is 0 Å². The highest BCUT2D eigenvalue weighted by atomic mass is 19.4. The zero-order valence-electron chi connectivity index (χ0n) is 22.4. The van der Waals surface area contributed by atoms with E-state index in [0.717, 1.165) is 28.6 Å². The summed E-state index contributed by atoms with van der Waals surface area (Å²) in [6.07, 6.45) is -7.60. The van der Waals surface area contributed by atoms with Crippen molar-refractivity contribution >= 4 is 10.8 Å². The highest BCUT2D eigenvalue weighted by molar-refractivity contribution is 5.85. The second-order valence-electron chi connectivity index (χ2n) is 10.3. The van der Waals surface area contributed by atoms with E-state index in [1.165, 1.54) is 4.57 Å². The van der Waals surface area contributed by atoms with Gasteiger partial charge < -0.3 is 0 Å². The Balaban J connectivity index is 1.39. The molecule has 2 nitrogen and oxygen atoms in total. The van der Waals surface area contributed by atoms with Crippen molar-refractivity contribution in [1.29, 1.82) is 0 Å². The van der Waals surface area contributed by atoms with Gasteiger partial charge in [-0.25, -0.2) is 9.13 Å². The second-order valence-corrected chi connectivity index (χ2v) is 10.3. The third-order valence-corrected chi connectivity index (χ3v) is 6.90. The Morgan fingerprint density at radius 3 is 1.58 bits per heavy atom. The summed E-state index contributed by atoms with van der Waals surface area (Å²) in [4.78, 5) is 0. The van der Waals surface area contributed by atoms with Crippen LogP contribution >= 0.6 is 0 Å². The molecular weight excluding hydrogens is 583 g/mol. The second kappa shape index (κ2) is 11.0. The summed E-state index contributed by atoms with van der Waals surface area (Å²) in [5.74, 6) is 0. The molecule has 43 heavy (non-hydrogen) atoms. The van der Waals surface area contributed by atoms with Crippen molar-refractivity contribution < 1.29 is 48.6 Å². The molecule has 0 saturated heterocycles. The van der Waals surface area contributed by atoms with Gasteiger partial charge in [0.05, 0.1) is 16.7 Å². The number of hydrogen-bond acceptors (Lipinski definition) is 0. The Hall–Kier alpha value is -4.41. The number of aryl methyl sites for hydroxylation is 1. The molecule has 222 valence electrons. The fraction of sp³-hybridized carbons (Fsp3) is 0.188. The van der Waals surface area contributed by atoms with Gasteiger partial charge in [0.15, 0.2) is 37.9 Å². The highest BCUT2D eigenvalue weighted by Gasteiger charge is 2.37. The Labute approximate surface area is 240 Å². The van der Waals surface area contributed by atoms with Gasteiger partial charge in [0.1, 0.15) is 0 Å². The van der Waals surface area contributed by atoms with Crippen molar-refractivity contribution in [2.24, 2.45) is 0 Å². The first-order valence-electron chi connectivity index (χ1n) is 12.9. The lowest BCUT2D eigenvalue weighted by Crippen LogP contribution is -2.33. The van der Waals surface area contributed by atoms with Crippen molar-refractivity contribution in [2.75, 3.05) is 0 Å². The van der Waals surface area contributed by atoms with Gasteiger partial charge in [0.25, 0.3) is 0 Å². The zero-order chi connectivity index (χ0) is 31.2. The number of aromatic nitrogens is 2. The van der Waals surface area contributed by atoms with Crippen LogP contribution in [0.5, 0.6) is 0 Å². The minimum Gasteiger partial charge on any atom is -0.201 e. The van der Waals surface area contributed by atoms with Crippen molar-refractivity contribution in [3.63, 3.8) is 0 Å². The van der Waals surface area contributed by atoms with Crippen LogP contribution in [0.2, 0.25) is 0 Å². The van der Waals surface area contributed by atoms with Gasteiger partial charge in [0.2, 0.25) is 0 Å². The lowest BCUT2D eigenvalue weighted by atomic mass is 10.0. The maximum absolute atomic E-state index is 13.3. The molecule has 0 N–H and O–H groups in total. The van der Waals surface area contributed by atoms with E-state index in [0.29, 0.717) is 28.6 Å². The molecule has 0 bridgehead atoms. The predicted octanol–water partition coefficient (Wildman–Crippen LogP) is 8.54. The largest absolute Gasteiger partial charge is 0.416 e. The summed E-state index contributed by atoms with van der Waals surface area (Å²) in [6, 6.07) is 16.3. The van der Waals surface area contributed by atoms with E-state index in [4.69, 9.17) is 0 Å². The summed E-state index contributed by atoms with van der Waals surface area (Å²) in [7, 11) is 0. The lowest BCUT2D eigenvalue weighted by Gasteiger charge is -2.13. The molecule has 0 spiro atoms. The molecular formula is C32H23F9N2+2. The average molecular weight is 607 g/mol. The standard InChI is InChI=1S/C32H23F9N2/c1-20-10-21(12-27(11-20)30(33,34)35)17-42-7-4-24(5-8-42)25-3-2-23-6-9-43(19-26(23)15-25)18-22-13-28(31(36,37)38)16-29(14-22)32(39,40)41/h2-16,19H,17-18H2,1H3/q+2. The minimum absolute atomic E-state index is 0.102. The third-order valence-electron chi connectivity index (χ3n) is 6.90. The Kier molecular flexibility index (Phi) is 7.70. The first-order chi connectivity index (χ1) is 20.0. The molecule has 0 amide bonds. The van der Waals surface area contributed by atoms with Crippen LogP contribution in [0.25, 0.3) is 21.9 Å². The molecule has 5 aromatic rings. The molecule has 2 heterocycles. The molecule has 0 saturated carbocycles. The van der Waals surface area contributed by atoms with Crippen LogP contribution in [0.15, 0.2) is 97.6 Å². The topological polar surface area (TPSA) is 7.76 Å². The quantitative estimate of drug-likeness (QED) is 0.140. The summed E-state index contributed by atoms with van der Waals surface area (Å²) in [5.41, 5.74) is -0.982. The van der Waals surface area contributed by atoms with E-state index in [-0.39, 0.29) is 24.7 Å². The van der Waals surface area contributed by atoms with Crippen molar-refractivity contribution in [3.05, 3.63) is 131 Å². The molecule has 5 rings (SSSR count). The molecule has 0 fully saturated rings. The van der Waals surface area contributed by atoms with E-state index in [9.17, 15) is 39.5 Å². The number of pyridine rings is 2. The average Bonchev–Trinajstić information content (AvgIpc) is 2.91. The third kappa shape index (κ3) is 7.15. The van der Waals surface area contributed by atoms with Crippen molar-refractivity contribution in [1.82, 2.24) is 0 Å². The molecule has 11 heteroatoms. The molecule has 0 atom stereocenters. The van der Waals surface area contributed by atoms with Gasteiger partial charge in [0, 0.05) is 34.7 Å². The number of hydrogen-bond donors (Lipinski definition) is 0. The first-order valence-corrected chi connectivity index (χ1v) is 12.9. The molecule has 3 aromatic carbocycles. The van der Waals surface area contributed by atoms with Crippen molar-refractivity contribution in [3.8, 4) is 11.1 Å².